The van der Waals surface area contributed by atoms with Crippen LogP contribution < -0.4 is 5.32 Å². The van der Waals surface area contributed by atoms with Crippen LogP contribution >= 0.6 is 46.9 Å². The molecule has 0 aliphatic heterocycles. The summed E-state index contributed by atoms with van der Waals surface area (Å²) in [5, 5.41) is 7.34. The monoisotopic (exact) mass is 467 g/mol. The van der Waals surface area contributed by atoms with Crippen molar-refractivity contribution in [2.75, 3.05) is 20.6 Å². The van der Waals surface area contributed by atoms with Gasteiger partial charge in [-0.15, -0.1) is 35.3 Å². The molecule has 0 radical (unpaired) electrons. The fourth-order valence-electron chi connectivity index (χ4n) is 2.25. The third-order valence-electron chi connectivity index (χ3n) is 3.38. The highest BCUT2D eigenvalue weighted by molar-refractivity contribution is 14.0. The largest absolute Gasteiger partial charge is 0.356 e. The van der Waals surface area contributed by atoms with Crippen LogP contribution in [0.4, 0.5) is 0 Å². The van der Waals surface area contributed by atoms with E-state index in [-0.39, 0.29) is 24.0 Å². The molecule has 23 heavy (non-hydrogen) atoms. The Morgan fingerprint density at radius 1 is 1.52 bits per heavy atom. The molecule has 5 nitrogen and oxygen atoms in total. The van der Waals surface area contributed by atoms with E-state index in [1.807, 2.05) is 37.8 Å². The van der Waals surface area contributed by atoms with Crippen molar-refractivity contribution in [1.82, 2.24) is 19.8 Å². The molecule has 2 aromatic heterocycles. The molecule has 0 fully saturated rings. The van der Waals surface area contributed by atoms with Crippen LogP contribution in [0.5, 0.6) is 0 Å². The van der Waals surface area contributed by atoms with E-state index in [4.69, 9.17) is 11.6 Å². The molecule has 8 heteroatoms. The summed E-state index contributed by atoms with van der Waals surface area (Å²) < 4.78 is 2.03. The molecule has 0 aliphatic rings. The van der Waals surface area contributed by atoms with E-state index >= 15 is 0 Å². The number of aliphatic imine (C=N–C) groups is 1. The molecule has 0 spiro atoms. The number of guanidine groups is 1. The van der Waals surface area contributed by atoms with Crippen molar-refractivity contribution in [3.05, 3.63) is 39.1 Å². The Bertz CT molecular complexity index is 652. The first-order valence-corrected chi connectivity index (χ1v) is 8.39. The second kappa shape index (κ2) is 9.48. The summed E-state index contributed by atoms with van der Waals surface area (Å²) in [7, 11) is 5.81. The zero-order chi connectivity index (χ0) is 16.1. The highest BCUT2D eigenvalue weighted by atomic mass is 127. The number of aromatic nitrogens is 2. The van der Waals surface area contributed by atoms with Gasteiger partial charge in [0.2, 0.25) is 0 Å². The van der Waals surface area contributed by atoms with E-state index in [2.05, 4.69) is 25.6 Å². The molecule has 0 saturated carbocycles. The average molecular weight is 468 g/mol. The summed E-state index contributed by atoms with van der Waals surface area (Å²) in [5.74, 6) is 0.865. The van der Waals surface area contributed by atoms with Crippen LogP contribution in [-0.4, -0.2) is 41.1 Å². The second-order valence-corrected chi connectivity index (χ2v) is 6.70. The normalized spacial score (nSPS) is 11.3. The van der Waals surface area contributed by atoms with E-state index in [9.17, 15) is 0 Å². The molecule has 0 saturated heterocycles. The van der Waals surface area contributed by atoms with Crippen molar-refractivity contribution >= 4 is 52.9 Å². The fourth-order valence-corrected chi connectivity index (χ4v) is 3.17. The number of aryl methyl sites for hydroxylation is 2. The van der Waals surface area contributed by atoms with Gasteiger partial charge >= 0.3 is 0 Å². The molecule has 1 N–H and O–H groups in total. The Morgan fingerprint density at radius 3 is 2.78 bits per heavy atom. The van der Waals surface area contributed by atoms with Crippen molar-refractivity contribution in [2.24, 2.45) is 12.0 Å². The van der Waals surface area contributed by atoms with E-state index in [1.165, 1.54) is 0 Å². The van der Waals surface area contributed by atoms with Crippen molar-refractivity contribution in [3.63, 3.8) is 0 Å². The summed E-state index contributed by atoms with van der Waals surface area (Å²) >= 11 is 7.71. The number of hydrogen-bond donors (Lipinski definition) is 1. The molecule has 128 valence electrons. The Balaban J connectivity index is 0.00000264. The lowest BCUT2D eigenvalue weighted by atomic mass is 10.3. The van der Waals surface area contributed by atoms with Gasteiger partial charge in [-0.05, 0) is 13.0 Å². The smallest absolute Gasteiger partial charge is 0.193 e. The van der Waals surface area contributed by atoms with Crippen molar-refractivity contribution < 1.29 is 0 Å². The maximum atomic E-state index is 6.02. The van der Waals surface area contributed by atoms with Crippen molar-refractivity contribution in [2.45, 2.75) is 19.9 Å². The van der Waals surface area contributed by atoms with Gasteiger partial charge in [-0.25, -0.2) is 4.98 Å². The minimum atomic E-state index is 0. The molecule has 0 atom stereocenters. The summed E-state index contributed by atoms with van der Waals surface area (Å²) in [5.41, 5.74) is 2.27. The molecule has 2 rings (SSSR count). The van der Waals surface area contributed by atoms with Gasteiger partial charge in [-0.1, -0.05) is 11.6 Å². The van der Waals surface area contributed by atoms with Crippen LogP contribution in [0.1, 0.15) is 16.4 Å². The maximum Gasteiger partial charge on any atom is 0.193 e. The van der Waals surface area contributed by atoms with Crippen LogP contribution in [-0.2, 0) is 20.0 Å². The Kier molecular flexibility index (Phi) is 8.35. The molecule has 2 aromatic rings. The zero-order valence-corrected chi connectivity index (χ0v) is 17.7. The molecule has 0 aromatic carbocycles. The van der Waals surface area contributed by atoms with Gasteiger partial charge in [-0.2, -0.15) is 0 Å². The van der Waals surface area contributed by atoms with Gasteiger partial charge in [0.1, 0.15) is 0 Å². The molecule has 0 aliphatic carbocycles. The molecule has 0 amide bonds. The van der Waals surface area contributed by atoms with Gasteiger partial charge in [0.25, 0.3) is 0 Å². The average Bonchev–Trinajstić information content (AvgIpc) is 3.01. The number of hydrogen-bond acceptors (Lipinski definition) is 3. The van der Waals surface area contributed by atoms with Crippen molar-refractivity contribution in [3.8, 4) is 0 Å². The predicted molar refractivity (Wildman–Crippen MR) is 109 cm³/mol. The van der Waals surface area contributed by atoms with Gasteiger partial charge in [-0.3, -0.25) is 4.99 Å². The number of rotatable bonds is 5. The maximum absolute atomic E-state index is 6.02. The minimum absolute atomic E-state index is 0. The summed E-state index contributed by atoms with van der Waals surface area (Å²) in [6.07, 6.45) is 2.80. The first-order valence-electron chi connectivity index (χ1n) is 7.13. The van der Waals surface area contributed by atoms with Gasteiger partial charge < -0.3 is 14.8 Å². The van der Waals surface area contributed by atoms with Gasteiger partial charge in [0.15, 0.2) is 5.96 Å². The van der Waals surface area contributed by atoms with Gasteiger partial charge in [0, 0.05) is 51.4 Å². The molecule has 2 heterocycles. The second-order valence-electron chi connectivity index (χ2n) is 5.20. The van der Waals surface area contributed by atoms with Crippen LogP contribution in [0.15, 0.2) is 22.6 Å². The molecule has 0 bridgehead atoms. The quantitative estimate of drug-likeness (QED) is 0.417. The molecular formula is C15H23ClIN5S. The standard InChI is InChI=1S/C15H22ClN5S.HI/c1-11-19-13(10-22-11)5-6-18-15(17-2)21(4)9-14-7-12(16)8-20(14)3;/h7-8,10H,5-6,9H2,1-4H3,(H,17,18);1H. The van der Waals surface area contributed by atoms with Crippen LogP contribution in [0.2, 0.25) is 5.02 Å². The zero-order valence-electron chi connectivity index (χ0n) is 13.8. The fraction of sp³-hybridized carbons (Fsp3) is 0.467. The number of nitrogens with one attached hydrogen (secondary N) is 1. The number of halogens is 2. The van der Waals surface area contributed by atoms with E-state index in [0.29, 0.717) is 0 Å². The Hall–Kier alpha value is -0.800. The molecule has 0 unspecified atom stereocenters. The van der Waals surface area contributed by atoms with Crippen LogP contribution in [0.25, 0.3) is 0 Å². The van der Waals surface area contributed by atoms with Crippen LogP contribution in [0, 0.1) is 6.92 Å². The first-order chi connectivity index (χ1) is 10.5. The number of thiazole rings is 1. The van der Waals surface area contributed by atoms with E-state index in [0.717, 1.165) is 46.9 Å². The van der Waals surface area contributed by atoms with Gasteiger partial charge in [0.05, 0.1) is 22.3 Å². The van der Waals surface area contributed by atoms with E-state index in [1.54, 1.807) is 18.4 Å². The number of nitrogens with zero attached hydrogens (tertiary/aromatic N) is 4. The molecular weight excluding hydrogens is 445 g/mol. The lowest BCUT2D eigenvalue weighted by Crippen LogP contribution is -2.39. The SMILES string of the molecule is CN=C(NCCc1csc(C)n1)N(C)Cc1cc(Cl)cn1C.I. The Labute approximate surface area is 163 Å². The third kappa shape index (κ3) is 5.96. The summed E-state index contributed by atoms with van der Waals surface area (Å²) in [6.45, 7) is 3.59. The summed E-state index contributed by atoms with van der Waals surface area (Å²) in [4.78, 5) is 10.9. The lowest BCUT2D eigenvalue weighted by Gasteiger charge is -2.22. The topological polar surface area (TPSA) is 45.5 Å². The van der Waals surface area contributed by atoms with Crippen molar-refractivity contribution in [1.29, 1.82) is 0 Å². The summed E-state index contributed by atoms with van der Waals surface area (Å²) in [6, 6.07) is 1.98. The van der Waals surface area contributed by atoms with Crippen LogP contribution in [0.3, 0.4) is 0 Å². The Morgan fingerprint density at radius 2 is 2.26 bits per heavy atom. The lowest BCUT2D eigenvalue weighted by molar-refractivity contribution is 0.462. The minimum Gasteiger partial charge on any atom is -0.356 e. The highest BCUT2D eigenvalue weighted by Crippen LogP contribution is 2.14. The highest BCUT2D eigenvalue weighted by Gasteiger charge is 2.09. The third-order valence-corrected chi connectivity index (χ3v) is 4.41. The predicted octanol–water partition coefficient (Wildman–Crippen LogP) is 3.31. The van der Waals surface area contributed by atoms with E-state index < -0.39 is 0 Å². The first kappa shape index (κ1) is 20.2.